The van der Waals surface area contributed by atoms with Gasteiger partial charge in [-0.3, -0.25) is 9.10 Å². The number of ether oxygens (including phenoxy) is 2. The highest BCUT2D eigenvalue weighted by Gasteiger charge is 2.28. The van der Waals surface area contributed by atoms with Crippen LogP contribution in [0.15, 0.2) is 82.8 Å². The Bertz CT molecular complexity index is 1350. The summed E-state index contributed by atoms with van der Waals surface area (Å²) < 4.78 is 38.0. The summed E-state index contributed by atoms with van der Waals surface area (Å²) in [7, 11) is -2.74. The van der Waals surface area contributed by atoms with E-state index in [-0.39, 0.29) is 11.5 Å². The van der Waals surface area contributed by atoms with Crippen molar-refractivity contribution in [3.05, 3.63) is 89.5 Å². The molecule has 1 N–H and O–H groups in total. The summed E-state index contributed by atoms with van der Waals surface area (Å²) in [6.45, 7) is 3.13. The number of sulfonamides is 1. The third-order valence-corrected chi connectivity index (χ3v) is 7.18. The third kappa shape index (κ3) is 7.40. The van der Waals surface area contributed by atoms with Crippen LogP contribution in [-0.2, 0) is 30.8 Å². The molecule has 37 heavy (non-hydrogen) atoms. The van der Waals surface area contributed by atoms with Crippen LogP contribution in [0, 0.1) is 6.92 Å². The average molecular weight is 524 g/mol. The molecule has 0 unspecified atom stereocenters. The second-order valence-electron chi connectivity index (χ2n) is 8.03. The Kier molecular flexibility index (Phi) is 9.39. The van der Waals surface area contributed by atoms with Crippen molar-refractivity contribution in [2.75, 3.05) is 24.6 Å². The first kappa shape index (κ1) is 27.4. The highest BCUT2D eigenvalue weighted by molar-refractivity contribution is 7.92. The van der Waals surface area contributed by atoms with E-state index in [2.05, 4.69) is 15.3 Å². The van der Waals surface area contributed by atoms with Crippen LogP contribution in [-0.4, -0.2) is 46.8 Å². The fourth-order valence-corrected chi connectivity index (χ4v) is 4.84. The van der Waals surface area contributed by atoms with Gasteiger partial charge in [-0.05, 0) is 66.9 Å². The molecule has 194 valence electrons. The maximum atomic E-state index is 13.6. The van der Waals surface area contributed by atoms with E-state index in [1.54, 1.807) is 48.5 Å². The molecule has 0 heterocycles. The van der Waals surface area contributed by atoms with E-state index in [9.17, 15) is 18.0 Å². The zero-order valence-electron chi connectivity index (χ0n) is 20.9. The molecule has 0 aliphatic carbocycles. The molecule has 0 aliphatic rings. The molecule has 0 fully saturated rings. The maximum Gasteiger partial charge on any atom is 0.343 e. The first-order valence-corrected chi connectivity index (χ1v) is 13.0. The lowest BCUT2D eigenvalue weighted by atomic mass is 10.1. The number of rotatable bonds is 11. The van der Waals surface area contributed by atoms with Crippen molar-refractivity contribution in [3.63, 3.8) is 0 Å². The Balaban J connectivity index is 1.75. The van der Waals surface area contributed by atoms with Gasteiger partial charge in [0.15, 0.2) is 6.61 Å². The fourth-order valence-electron chi connectivity index (χ4n) is 3.39. The van der Waals surface area contributed by atoms with Gasteiger partial charge in [0.1, 0.15) is 12.3 Å². The summed E-state index contributed by atoms with van der Waals surface area (Å²) in [5.41, 5.74) is 5.21. The number of methoxy groups -OCH3 is 1. The van der Waals surface area contributed by atoms with Crippen molar-refractivity contribution in [2.45, 2.75) is 25.2 Å². The summed E-state index contributed by atoms with van der Waals surface area (Å²) in [6, 6.07) is 20.2. The SMILES string of the molecule is CCc1ccccc1N(CC(=O)N/N=C\c1ccc(OCC(=O)OC)cc1)S(=O)(=O)c1ccc(C)cc1. The van der Waals surface area contributed by atoms with Crippen LogP contribution in [0.3, 0.4) is 0 Å². The van der Waals surface area contributed by atoms with E-state index < -0.39 is 28.4 Å². The number of hydrogen-bond donors (Lipinski definition) is 1. The first-order valence-electron chi connectivity index (χ1n) is 11.5. The van der Waals surface area contributed by atoms with Gasteiger partial charge in [0.25, 0.3) is 15.9 Å². The van der Waals surface area contributed by atoms with E-state index in [4.69, 9.17) is 4.74 Å². The van der Waals surface area contributed by atoms with E-state index in [0.29, 0.717) is 23.4 Å². The first-order chi connectivity index (χ1) is 17.7. The van der Waals surface area contributed by atoms with E-state index in [1.165, 1.54) is 25.5 Å². The summed E-state index contributed by atoms with van der Waals surface area (Å²) in [4.78, 5) is 24.0. The fraction of sp³-hybridized carbons (Fsp3) is 0.222. The second-order valence-corrected chi connectivity index (χ2v) is 9.90. The summed E-state index contributed by atoms with van der Waals surface area (Å²) in [6.07, 6.45) is 2.01. The number of anilines is 1. The zero-order valence-corrected chi connectivity index (χ0v) is 21.7. The molecule has 0 saturated heterocycles. The summed E-state index contributed by atoms with van der Waals surface area (Å²) in [5, 5.41) is 3.95. The molecule has 0 aliphatic heterocycles. The molecule has 0 radical (unpaired) electrons. The highest BCUT2D eigenvalue weighted by atomic mass is 32.2. The van der Waals surface area contributed by atoms with Gasteiger partial charge in [0.05, 0.1) is 23.9 Å². The van der Waals surface area contributed by atoms with Crippen LogP contribution >= 0.6 is 0 Å². The topological polar surface area (TPSA) is 114 Å². The van der Waals surface area contributed by atoms with E-state index in [1.807, 2.05) is 26.0 Å². The summed E-state index contributed by atoms with van der Waals surface area (Å²) >= 11 is 0. The molecular weight excluding hydrogens is 494 g/mol. The predicted octanol–water partition coefficient (Wildman–Crippen LogP) is 3.45. The molecule has 0 bridgehead atoms. The minimum absolute atomic E-state index is 0.0924. The molecule has 1 amide bonds. The van der Waals surface area contributed by atoms with Crippen molar-refractivity contribution in [2.24, 2.45) is 5.10 Å². The summed E-state index contributed by atoms with van der Waals surface area (Å²) in [5.74, 6) is -0.623. The van der Waals surface area contributed by atoms with Crippen molar-refractivity contribution in [3.8, 4) is 5.75 Å². The van der Waals surface area contributed by atoms with Gasteiger partial charge >= 0.3 is 5.97 Å². The van der Waals surface area contributed by atoms with Crippen LogP contribution in [0.5, 0.6) is 5.75 Å². The average Bonchev–Trinajstić information content (AvgIpc) is 2.91. The monoisotopic (exact) mass is 523 g/mol. The minimum Gasteiger partial charge on any atom is -0.482 e. The number of carbonyl (C=O) groups excluding carboxylic acids is 2. The maximum absolute atomic E-state index is 13.6. The lowest BCUT2D eigenvalue weighted by molar-refractivity contribution is -0.142. The number of amides is 1. The third-order valence-electron chi connectivity index (χ3n) is 5.40. The Morgan fingerprint density at radius 1 is 1.00 bits per heavy atom. The molecule has 0 atom stereocenters. The second kappa shape index (κ2) is 12.7. The number of para-hydroxylation sites is 1. The van der Waals surface area contributed by atoms with Gasteiger partial charge in [0, 0.05) is 0 Å². The van der Waals surface area contributed by atoms with Gasteiger partial charge in [-0.25, -0.2) is 18.6 Å². The molecule has 0 spiro atoms. The molecule has 0 saturated carbocycles. The Labute approximate surface area is 216 Å². The molecule has 10 heteroatoms. The number of carbonyl (C=O) groups is 2. The zero-order chi connectivity index (χ0) is 26.8. The molecular formula is C27H29N3O6S. The van der Waals surface area contributed by atoms with Gasteiger partial charge in [-0.2, -0.15) is 5.10 Å². The normalized spacial score (nSPS) is 11.2. The van der Waals surface area contributed by atoms with Crippen LogP contribution in [0.1, 0.15) is 23.6 Å². The van der Waals surface area contributed by atoms with Gasteiger partial charge < -0.3 is 9.47 Å². The molecule has 3 aromatic carbocycles. The highest BCUT2D eigenvalue weighted by Crippen LogP contribution is 2.27. The Morgan fingerprint density at radius 3 is 2.32 bits per heavy atom. The van der Waals surface area contributed by atoms with Crippen LogP contribution in [0.4, 0.5) is 5.69 Å². The van der Waals surface area contributed by atoms with Gasteiger partial charge in [0.2, 0.25) is 0 Å². The van der Waals surface area contributed by atoms with Crippen molar-refractivity contribution < 1.29 is 27.5 Å². The quantitative estimate of drug-likeness (QED) is 0.234. The van der Waals surface area contributed by atoms with Gasteiger partial charge in [-0.1, -0.05) is 42.8 Å². The number of nitrogens with zero attached hydrogens (tertiary/aromatic N) is 2. The van der Waals surface area contributed by atoms with Crippen molar-refractivity contribution >= 4 is 33.8 Å². The smallest absolute Gasteiger partial charge is 0.343 e. The molecule has 9 nitrogen and oxygen atoms in total. The number of hydrazone groups is 1. The van der Waals surface area contributed by atoms with E-state index in [0.717, 1.165) is 15.4 Å². The minimum atomic E-state index is -4.02. The number of esters is 1. The molecule has 3 rings (SSSR count). The Morgan fingerprint density at radius 2 is 1.68 bits per heavy atom. The van der Waals surface area contributed by atoms with Crippen LogP contribution < -0.4 is 14.5 Å². The number of aryl methyl sites for hydroxylation is 2. The molecule has 3 aromatic rings. The van der Waals surface area contributed by atoms with E-state index >= 15 is 0 Å². The number of nitrogens with one attached hydrogen (secondary N) is 1. The van der Waals surface area contributed by atoms with Crippen molar-refractivity contribution in [1.29, 1.82) is 0 Å². The lowest BCUT2D eigenvalue weighted by Gasteiger charge is -2.25. The number of benzene rings is 3. The largest absolute Gasteiger partial charge is 0.482 e. The Hall–Kier alpha value is -4.18. The number of hydrogen-bond acceptors (Lipinski definition) is 7. The van der Waals surface area contributed by atoms with Crippen LogP contribution in [0.2, 0.25) is 0 Å². The van der Waals surface area contributed by atoms with Crippen LogP contribution in [0.25, 0.3) is 0 Å². The van der Waals surface area contributed by atoms with Crippen molar-refractivity contribution in [1.82, 2.24) is 5.43 Å². The predicted molar refractivity (Wildman–Crippen MR) is 141 cm³/mol. The standard InChI is InChI=1S/C27H29N3O6S/c1-4-22-7-5-6-8-25(22)30(37(33,34)24-15-9-20(2)10-16-24)18-26(31)29-28-17-21-11-13-23(14-12-21)36-19-27(32)35-3/h5-17H,4,18-19H2,1-3H3,(H,29,31)/b28-17-. The molecule has 0 aromatic heterocycles. The lowest BCUT2D eigenvalue weighted by Crippen LogP contribution is -2.40. The van der Waals surface area contributed by atoms with Gasteiger partial charge in [-0.15, -0.1) is 0 Å².